The lowest BCUT2D eigenvalue weighted by molar-refractivity contribution is 0.176. The fourth-order valence-electron chi connectivity index (χ4n) is 3.73. The maximum absolute atomic E-state index is 6.49. The van der Waals surface area contributed by atoms with Crippen LogP contribution in [-0.2, 0) is 0 Å². The lowest BCUT2D eigenvalue weighted by Crippen LogP contribution is -2.58. The number of piperazine rings is 1. The molecule has 0 radical (unpaired) electrons. The highest BCUT2D eigenvalue weighted by atomic mass is 35.5. The van der Waals surface area contributed by atoms with E-state index in [1.807, 2.05) is 12.1 Å². The Morgan fingerprint density at radius 3 is 2.81 bits per heavy atom. The summed E-state index contributed by atoms with van der Waals surface area (Å²) in [6.45, 7) is 8.10. The highest BCUT2D eigenvalue weighted by Crippen LogP contribution is 2.37. The van der Waals surface area contributed by atoms with E-state index in [9.17, 15) is 0 Å². The van der Waals surface area contributed by atoms with Crippen LogP contribution in [0.5, 0.6) is 5.75 Å². The predicted octanol–water partition coefficient (Wildman–Crippen LogP) is 3.66. The van der Waals surface area contributed by atoms with E-state index in [2.05, 4.69) is 29.7 Å². The average molecular weight is 309 g/mol. The van der Waals surface area contributed by atoms with Gasteiger partial charge in [0, 0.05) is 31.2 Å². The molecular weight excluding hydrogens is 284 g/mol. The monoisotopic (exact) mass is 308 g/mol. The number of hydrogen-bond donors (Lipinski definition) is 0. The first kappa shape index (κ1) is 15.0. The third-order valence-corrected chi connectivity index (χ3v) is 5.28. The van der Waals surface area contributed by atoms with Crippen molar-refractivity contribution in [2.45, 2.75) is 38.8 Å². The number of hydrogen-bond acceptors (Lipinski definition) is 3. The molecule has 2 heterocycles. The molecule has 0 saturated carbocycles. The normalized spacial score (nSPS) is 26.2. The Kier molecular flexibility index (Phi) is 4.32. The average Bonchev–Trinajstić information content (AvgIpc) is 2.93. The largest absolute Gasteiger partial charge is 0.497 e. The number of rotatable bonds is 3. The minimum atomic E-state index is 0.518. The molecule has 3 rings (SSSR count). The third kappa shape index (κ3) is 2.86. The van der Waals surface area contributed by atoms with E-state index >= 15 is 0 Å². The Bertz CT molecular complexity index is 506. The molecule has 2 aliphatic rings. The Labute approximate surface area is 132 Å². The molecule has 1 aromatic carbocycles. The van der Waals surface area contributed by atoms with E-state index in [0.29, 0.717) is 18.0 Å². The third-order valence-electron chi connectivity index (χ3n) is 4.96. The maximum atomic E-state index is 6.49. The van der Waals surface area contributed by atoms with Crippen LogP contribution in [0.1, 0.15) is 26.7 Å². The lowest BCUT2D eigenvalue weighted by atomic mass is 9.96. The van der Waals surface area contributed by atoms with Crippen LogP contribution in [0.4, 0.5) is 5.69 Å². The van der Waals surface area contributed by atoms with Crippen LogP contribution in [0, 0.1) is 5.92 Å². The van der Waals surface area contributed by atoms with E-state index in [4.69, 9.17) is 16.3 Å². The van der Waals surface area contributed by atoms with Crippen LogP contribution in [0.25, 0.3) is 0 Å². The van der Waals surface area contributed by atoms with Crippen molar-refractivity contribution in [3.63, 3.8) is 0 Å². The number of fused-ring (bicyclic) bond motifs is 1. The fraction of sp³-hybridized carbons (Fsp3) is 0.647. The molecule has 0 amide bonds. The Morgan fingerprint density at radius 2 is 2.10 bits per heavy atom. The molecule has 116 valence electrons. The highest BCUT2D eigenvalue weighted by molar-refractivity contribution is 6.33. The van der Waals surface area contributed by atoms with Crippen molar-refractivity contribution in [1.82, 2.24) is 4.90 Å². The van der Waals surface area contributed by atoms with Gasteiger partial charge < -0.3 is 9.64 Å². The molecule has 3 nitrogen and oxygen atoms in total. The van der Waals surface area contributed by atoms with Crippen molar-refractivity contribution < 1.29 is 4.74 Å². The summed E-state index contributed by atoms with van der Waals surface area (Å²) in [4.78, 5) is 5.18. The summed E-state index contributed by atoms with van der Waals surface area (Å²) in [5.41, 5.74) is 1.13. The summed E-state index contributed by atoms with van der Waals surface area (Å²) in [6, 6.07) is 7.17. The first-order valence-electron chi connectivity index (χ1n) is 7.94. The summed E-state index contributed by atoms with van der Waals surface area (Å²) in [7, 11) is 1.71. The van der Waals surface area contributed by atoms with Crippen LogP contribution in [0.15, 0.2) is 18.2 Å². The van der Waals surface area contributed by atoms with Crippen molar-refractivity contribution in [2.24, 2.45) is 5.92 Å². The Hall–Kier alpha value is -0.930. The van der Waals surface area contributed by atoms with Crippen molar-refractivity contribution in [3.8, 4) is 5.75 Å². The van der Waals surface area contributed by atoms with E-state index < -0.39 is 0 Å². The SMILES string of the molecule is COc1ccc(Cl)c(N2CC3CCCN3CC2C(C)C)c1. The molecule has 0 spiro atoms. The lowest BCUT2D eigenvalue weighted by Gasteiger charge is -2.47. The van der Waals surface area contributed by atoms with Crippen molar-refractivity contribution in [2.75, 3.05) is 31.6 Å². The van der Waals surface area contributed by atoms with Crippen LogP contribution >= 0.6 is 11.6 Å². The fourth-order valence-corrected chi connectivity index (χ4v) is 3.96. The summed E-state index contributed by atoms with van der Waals surface area (Å²) in [5, 5.41) is 0.827. The van der Waals surface area contributed by atoms with Crippen molar-refractivity contribution in [3.05, 3.63) is 23.2 Å². The highest BCUT2D eigenvalue weighted by Gasteiger charge is 2.38. The van der Waals surface area contributed by atoms with Gasteiger partial charge in [0.15, 0.2) is 0 Å². The van der Waals surface area contributed by atoms with Crippen molar-refractivity contribution in [1.29, 1.82) is 0 Å². The van der Waals surface area contributed by atoms with Gasteiger partial charge in [-0.05, 0) is 37.4 Å². The smallest absolute Gasteiger partial charge is 0.121 e. The summed E-state index contributed by atoms with van der Waals surface area (Å²) >= 11 is 6.49. The molecule has 1 aromatic rings. The van der Waals surface area contributed by atoms with Gasteiger partial charge in [-0.25, -0.2) is 0 Å². The topological polar surface area (TPSA) is 15.7 Å². The van der Waals surface area contributed by atoms with E-state index in [1.54, 1.807) is 7.11 Å². The number of ether oxygens (including phenoxy) is 1. The number of nitrogens with zero attached hydrogens (tertiary/aromatic N) is 2. The van der Waals surface area contributed by atoms with Crippen LogP contribution in [-0.4, -0.2) is 43.7 Å². The molecule has 2 saturated heterocycles. The number of methoxy groups -OCH3 is 1. The van der Waals surface area contributed by atoms with Crippen LogP contribution in [0.3, 0.4) is 0 Å². The molecular formula is C17H25ClN2O. The van der Waals surface area contributed by atoms with Crippen LogP contribution in [0.2, 0.25) is 5.02 Å². The molecule has 0 bridgehead atoms. The van der Waals surface area contributed by atoms with Gasteiger partial charge in [-0.1, -0.05) is 25.4 Å². The molecule has 0 N–H and O–H groups in total. The molecule has 2 unspecified atom stereocenters. The molecule has 0 aromatic heterocycles. The minimum Gasteiger partial charge on any atom is -0.497 e. The zero-order chi connectivity index (χ0) is 15.0. The maximum Gasteiger partial charge on any atom is 0.121 e. The van der Waals surface area contributed by atoms with Crippen LogP contribution < -0.4 is 9.64 Å². The second-order valence-electron chi connectivity index (χ2n) is 6.57. The molecule has 2 atom stereocenters. The van der Waals surface area contributed by atoms with E-state index in [0.717, 1.165) is 29.5 Å². The Balaban J connectivity index is 1.93. The van der Waals surface area contributed by atoms with Gasteiger partial charge >= 0.3 is 0 Å². The van der Waals surface area contributed by atoms with Gasteiger partial charge in [-0.3, -0.25) is 4.90 Å². The summed E-state index contributed by atoms with van der Waals surface area (Å²) in [5.74, 6) is 1.49. The van der Waals surface area contributed by atoms with Gasteiger partial charge in [0.25, 0.3) is 0 Å². The quantitative estimate of drug-likeness (QED) is 0.847. The van der Waals surface area contributed by atoms with Gasteiger partial charge in [-0.15, -0.1) is 0 Å². The summed E-state index contributed by atoms with van der Waals surface area (Å²) < 4.78 is 5.39. The van der Waals surface area contributed by atoms with Gasteiger partial charge in [0.05, 0.1) is 17.8 Å². The van der Waals surface area contributed by atoms with Gasteiger partial charge in [-0.2, -0.15) is 0 Å². The summed E-state index contributed by atoms with van der Waals surface area (Å²) in [6.07, 6.45) is 2.64. The van der Waals surface area contributed by atoms with E-state index in [-0.39, 0.29) is 0 Å². The number of anilines is 1. The zero-order valence-electron chi connectivity index (χ0n) is 13.2. The second-order valence-corrected chi connectivity index (χ2v) is 6.98. The standard InChI is InChI=1S/C17H25ClN2O/c1-12(2)17-11-19-8-4-5-13(19)10-20(17)16-9-14(21-3)6-7-15(16)18/h6-7,9,12-13,17H,4-5,8,10-11H2,1-3H3. The first-order chi connectivity index (χ1) is 10.1. The molecule has 2 fully saturated rings. The van der Waals surface area contributed by atoms with Gasteiger partial charge in [0.2, 0.25) is 0 Å². The van der Waals surface area contributed by atoms with Gasteiger partial charge in [0.1, 0.15) is 5.75 Å². The van der Waals surface area contributed by atoms with Crippen molar-refractivity contribution >= 4 is 17.3 Å². The second kappa shape index (κ2) is 6.05. The minimum absolute atomic E-state index is 0.518. The zero-order valence-corrected chi connectivity index (χ0v) is 13.9. The predicted molar refractivity (Wildman–Crippen MR) is 88.6 cm³/mol. The molecule has 21 heavy (non-hydrogen) atoms. The molecule has 2 aliphatic heterocycles. The number of halogens is 1. The first-order valence-corrected chi connectivity index (χ1v) is 8.32. The molecule has 0 aliphatic carbocycles. The number of benzene rings is 1. The molecule has 4 heteroatoms. The van der Waals surface area contributed by atoms with E-state index in [1.165, 1.54) is 19.4 Å². The Morgan fingerprint density at radius 1 is 1.29 bits per heavy atom.